The van der Waals surface area contributed by atoms with Gasteiger partial charge in [0.15, 0.2) is 0 Å². The van der Waals surface area contributed by atoms with E-state index >= 15 is 0 Å². The van der Waals surface area contributed by atoms with Gasteiger partial charge in [0, 0.05) is 19.3 Å². The highest BCUT2D eigenvalue weighted by atomic mass is 16.5. The van der Waals surface area contributed by atoms with Crippen molar-refractivity contribution in [3.8, 4) is 0 Å². The van der Waals surface area contributed by atoms with Gasteiger partial charge in [-0.15, -0.1) is 0 Å². The summed E-state index contributed by atoms with van der Waals surface area (Å²) in [4.78, 5) is 19.6. The summed E-state index contributed by atoms with van der Waals surface area (Å²) in [5.41, 5.74) is 1.77. The van der Waals surface area contributed by atoms with Crippen LogP contribution in [0.1, 0.15) is 31.0 Å². The molecule has 0 saturated carbocycles. The first kappa shape index (κ1) is 17.6. The molecular formula is C21H26N2O2. The molecule has 1 aliphatic rings. The average molecular weight is 338 g/mol. The monoisotopic (exact) mass is 338 g/mol. The molecule has 1 fully saturated rings. The van der Waals surface area contributed by atoms with Crippen LogP contribution in [-0.4, -0.2) is 35.5 Å². The van der Waals surface area contributed by atoms with Gasteiger partial charge in [0.05, 0.1) is 17.7 Å². The molecule has 0 unspecified atom stereocenters. The summed E-state index contributed by atoms with van der Waals surface area (Å²) in [6, 6.07) is 16.2. The Kier molecular flexibility index (Phi) is 5.82. The van der Waals surface area contributed by atoms with Crippen molar-refractivity contribution >= 4 is 5.97 Å². The number of pyridine rings is 1. The van der Waals surface area contributed by atoms with Crippen LogP contribution in [0, 0.1) is 5.41 Å². The number of rotatable bonds is 6. The van der Waals surface area contributed by atoms with Crippen molar-refractivity contribution in [1.29, 1.82) is 0 Å². The van der Waals surface area contributed by atoms with Gasteiger partial charge in [-0.1, -0.05) is 36.4 Å². The van der Waals surface area contributed by atoms with Gasteiger partial charge in [0.1, 0.15) is 0 Å². The lowest BCUT2D eigenvalue weighted by Crippen LogP contribution is -2.49. The van der Waals surface area contributed by atoms with Crippen LogP contribution < -0.4 is 0 Å². The van der Waals surface area contributed by atoms with Gasteiger partial charge in [-0.3, -0.25) is 14.7 Å². The average Bonchev–Trinajstić information content (AvgIpc) is 2.64. The molecule has 0 amide bonds. The molecule has 25 heavy (non-hydrogen) atoms. The van der Waals surface area contributed by atoms with Crippen molar-refractivity contribution in [1.82, 2.24) is 9.88 Å². The van der Waals surface area contributed by atoms with Crippen LogP contribution in [0.15, 0.2) is 54.7 Å². The second-order valence-corrected chi connectivity index (χ2v) is 6.80. The quantitative estimate of drug-likeness (QED) is 0.757. The molecule has 0 N–H and O–H groups in total. The van der Waals surface area contributed by atoms with E-state index < -0.39 is 5.41 Å². The fourth-order valence-electron chi connectivity index (χ4n) is 3.74. The molecule has 3 rings (SSSR count). The summed E-state index contributed by atoms with van der Waals surface area (Å²) in [6.45, 7) is 4.79. The van der Waals surface area contributed by atoms with E-state index in [1.165, 1.54) is 5.56 Å². The van der Waals surface area contributed by atoms with E-state index in [9.17, 15) is 4.79 Å². The molecule has 132 valence electrons. The fraction of sp³-hybridized carbons (Fsp3) is 0.429. The number of esters is 1. The molecule has 0 spiro atoms. The molecule has 2 aromatic rings. The Morgan fingerprint density at radius 3 is 2.72 bits per heavy atom. The molecule has 1 saturated heterocycles. The van der Waals surface area contributed by atoms with Gasteiger partial charge in [0.25, 0.3) is 0 Å². The number of likely N-dealkylation sites (tertiary alicyclic amines) is 1. The molecule has 0 radical (unpaired) electrons. The Morgan fingerprint density at radius 2 is 2.00 bits per heavy atom. The van der Waals surface area contributed by atoms with Crippen molar-refractivity contribution in [2.45, 2.75) is 32.7 Å². The number of ether oxygens (including phenoxy) is 1. The smallest absolute Gasteiger partial charge is 0.313 e. The van der Waals surface area contributed by atoms with Gasteiger partial charge in [-0.25, -0.2) is 0 Å². The number of aromatic nitrogens is 1. The van der Waals surface area contributed by atoms with Crippen LogP contribution in [0.2, 0.25) is 0 Å². The lowest BCUT2D eigenvalue weighted by atomic mass is 9.75. The maximum absolute atomic E-state index is 12.9. The minimum Gasteiger partial charge on any atom is -0.466 e. The van der Waals surface area contributed by atoms with Crippen molar-refractivity contribution in [2.24, 2.45) is 5.41 Å². The zero-order valence-corrected chi connectivity index (χ0v) is 14.9. The van der Waals surface area contributed by atoms with E-state index in [-0.39, 0.29) is 5.97 Å². The van der Waals surface area contributed by atoms with E-state index in [1.54, 1.807) is 0 Å². The van der Waals surface area contributed by atoms with E-state index in [0.717, 1.165) is 44.6 Å². The molecule has 4 nitrogen and oxygen atoms in total. The van der Waals surface area contributed by atoms with Crippen LogP contribution in [0.3, 0.4) is 0 Å². The normalized spacial score (nSPS) is 21.0. The van der Waals surface area contributed by atoms with E-state index in [1.807, 2.05) is 49.5 Å². The third-order valence-electron chi connectivity index (χ3n) is 4.86. The zero-order chi connectivity index (χ0) is 17.5. The number of piperidine rings is 1. The standard InChI is InChI=1S/C21H26N2O2/c1-2-25-20(24)21(15-18-9-4-3-5-10-18)12-8-14-23(17-21)16-19-11-6-7-13-22-19/h3-7,9-11,13H,2,8,12,14-17H2,1H3/t21-/m1/s1. The largest absolute Gasteiger partial charge is 0.466 e. The first-order valence-electron chi connectivity index (χ1n) is 9.05. The number of carbonyl (C=O) groups is 1. The number of hydrogen-bond donors (Lipinski definition) is 0. The van der Waals surface area contributed by atoms with Gasteiger partial charge in [0.2, 0.25) is 0 Å². The van der Waals surface area contributed by atoms with E-state index in [4.69, 9.17) is 4.74 Å². The number of nitrogens with zero attached hydrogens (tertiary/aromatic N) is 2. The molecule has 4 heteroatoms. The summed E-state index contributed by atoms with van der Waals surface area (Å²) in [5, 5.41) is 0. The van der Waals surface area contributed by atoms with Gasteiger partial charge in [-0.2, -0.15) is 0 Å². The number of benzene rings is 1. The van der Waals surface area contributed by atoms with Crippen molar-refractivity contribution in [3.05, 3.63) is 66.0 Å². The second-order valence-electron chi connectivity index (χ2n) is 6.80. The highest BCUT2D eigenvalue weighted by Gasteiger charge is 2.43. The molecule has 2 heterocycles. The van der Waals surface area contributed by atoms with Gasteiger partial charge in [-0.05, 0) is 50.4 Å². The Labute approximate surface area is 149 Å². The summed E-state index contributed by atoms with van der Waals surface area (Å²) in [7, 11) is 0. The molecule has 1 aromatic carbocycles. The SMILES string of the molecule is CCOC(=O)[C@@]1(Cc2ccccc2)CCCN(Cc2ccccn2)C1. The summed E-state index contributed by atoms with van der Waals surface area (Å²) in [6.07, 6.45) is 4.42. The molecule has 1 atom stereocenters. The lowest BCUT2D eigenvalue weighted by molar-refractivity contribution is -0.159. The van der Waals surface area contributed by atoms with E-state index in [0.29, 0.717) is 6.61 Å². The highest BCUT2D eigenvalue weighted by molar-refractivity contribution is 5.77. The van der Waals surface area contributed by atoms with Crippen molar-refractivity contribution < 1.29 is 9.53 Å². The minimum atomic E-state index is -0.468. The van der Waals surface area contributed by atoms with Crippen molar-refractivity contribution in [2.75, 3.05) is 19.7 Å². The van der Waals surface area contributed by atoms with Crippen LogP contribution >= 0.6 is 0 Å². The van der Waals surface area contributed by atoms with Crippen LogP contribution in [-0.2, 0) is 22.5 Å². The third-order valence-corrected chi connectivity index (χ3v) is 4.86. The van der Waals surface area contributed by atoms with Crippen LogP contribution in [0.5, 0.6) is 0 Å². The zero-order valence-electron chi connectivity index (χ0n) is 14.9. The van der Waals surface area contributed by atoms with Crippen molar-refractivity contribution in [3.63, 3.8) is 0 Å². The second kappa shape index (κ2) is 8.26. The molecule has 1 aliphatic heterocycles. The molecule has 1 aromatic heterocycles. The van der Waals surface area contributed by atoms with Crippen LogP contribution in [0.25, 0.3) is 0 Å². The molecule has 0 aliphatic carbocycles. The molecular weight excluding hydrogens is 312 g/mol. The Hall–Kier alpha value is -2.20. The highest BCUT2D eigenvalue weighted by Crippen LogP contribution is 2.35. The minimum absolute atomic E-state index is 0.0652. The van der Waals surface area contributed by atoms with Gasteiger partial charge >= 0.3 is 5.97 Å². The lowest BCUT2D eigenvalue weighted by Gasteiger charge is -2.41. The first-order chi connectivity index (χ1) is 12.2. The summed E-state index contributed by atoms with van der Waals surface area (Å²) in [5.74, 6) is -0.0652. The molecule has 0 bridgehead atoms. The predicted molar refractivity (Wildman–Crippen MR) is 98.0 cm³/mol. The maximum atomic E-state index is 12.9. The Bertz CT molecular complexity index is 675. The summed E-state index contributed by atoms with van der Waals surface area (Å²) >= 11 is 0. The topological polar surface area (TPSA) is 42.4 Å². The van der Waals surface area contributed by atoms with Gasteiger partial charge < -0.3 is 4.74 Å². The summed E-state index contributed by atoms with van der Waals surface area (Å²) < 4.78 is 5.47. The number of carbonyl (C=O) groups excluding carboxylic acids is 1. The van der Waals surface area contributed by atoms with Crippen LogP contribution in [0.4, 0.5) is 0 Å². The number of hydrogen-bond acceptors (Lipinski definition) is 4. The first-order valence-corrected chi connectivity index (χ1v) is 9.05. The fourth-order valence-corrected chi connectivity index (χ4v) is 3.74. The predicted octanol–water partition coefficient (Wildman–Crippen LogP) is 3.47. The third kappa shape index (κ3) is 4.45. The Morgan fingerprint density at radius 1 is 1.20 bits per heavy atom. The van der Waals surface area contributed by atoms with E-state index in [2.05, 4.69) is 22.0 Å². The maximum Gasteiger partial charge on any atom is 0.313 e. The Balaban J connectivity index is 1.79.